The molecule has 0 saturated carbocycles. The minimum Gasteiger partial charge on any atom is -0.481 e. The van der Waals surface area contributed by atoms with E-state index in [0.29, 0.717) is 11.7 Å². The summed E-state index contributed by atoms with van der Waals surface area (Å²) in [5.74, 6) is -0.264. The predicted molar refractivity (Wildman–Crippen MR) is 122 cm³/mol. The molecule has 0 aromatic heterocycles. The Morgan fingerprint density at radius 1 is 0.645 bits per heavy atom. The van der Waals surface area contributed by atoms with Crippen LogP contribution < -0.4 is 15.6 Å². The molecule has 3 aromatic carbocycles. The Kier molecular flexibility index (Phi) is 7.44. The minimum absolute atomic E-state index is 0.320. The van der Waals surface area contributed by atoms with Gasteiger partial charge < -0.3 is 4.74 Å². The van der Waals surface area contributed by atoms with E-state index in [1.165, 1.54) is 5.56 Å². The first-order valence-electron chi connectivity index (χ1n) is 10.4. The van der Waals surface area contributed by atoms with Crippen molar-refractivity contribution < 1.29 is 14.3 Å². The third kappa shape index (κ3) is 5.95. The lowest BCUT2D eigenvalue weighted by molar-refractivity contribution is -0.133. The van der Waals surface area contributed by atoms with Crippen molar-refractivity contribution in [1.29, 1.82) is 0 Å². The molecule has 0 radical (unpaired) electrons. The van der Waals surface area contributed by atoms with Gasteiger partial charge in [0, 0.05) is 0 Å². The van der Waals surface area contributed by atoms with Gasteiger partial charge in [-0.25, -0.2) is 0 Å². The summed E-state index contributed by atoms with van der Waals surface area (Å²) in [4.78, 5) is 25.4. The van der Waals surface area contributed by atoms with Gasteiger partial charge in [-0.05, 0) is 41.7 Å². The second-order valence-electron chi connectivity index (χ2n) is 7.72. The normalized spacial score (nSPS) is 11.8. The quantitative estimate of drug-likeness (QED) is 0.555. The third-order valence-corrected chi connectivity index (χ3v) is 5.07. The van der Waals surface area contributed by atoms with Crippen LogP contribution in [0, 0.1) is 0 Å². The van der Waals surface area contributed by atoms with E-state index in [2.05, 4.69) is 24.7 Å². The average Bonchev–Trinajstić information content (AvgIpc) is 2.79. The molecule has 3 rings (SSSR count). The molecule has 31 heavy (non-hydrogen) atoms. The van der Waals surface area contributed by atoms with E-state index in [1.807, 2.05) is 84.9 Å². The number of carbonyl (C=O) groups is 2. The van der Waals surface area contributed by atoms with E-state index in [0.717, 1.165) is 11.1 Å². The molecule has 0 aliphatic heterocycles. The van der Waals surface area contributed by atoms with Gasteiger partial charge in [0.15, 0.2) is 6.10 Å². The van der Waals surface area contributed by atoms with Crippen LogP contribution in [0.15, 0.2) is 84.9 Å². The Hall–Kier alpha value is -3.60. The predicted octanol–water partition coefficient (Wildman–Crippen LogP) is 4.56. The Morgan fingerprint density at radius 3 is 1.61 bits per heavy atom. The van der Waals surface area contributed by atoms with Crippen molar-refractivity contribution in [3.63, 3.8) is 0 Å². The summed E-state index contributed by atoms with van der Waals surface area (Å²) in [6, 6.07) is 26.6. The summed E-state index contributed by atoms with van der Waals surface area (Å²) in [6.45, 7) is 5.88. The number of hydrazine groups is 1. The van der Waals surface area contributed by atoms with Crippen molar-refractivity contribution in [3.05, 3.63) is 102 Å². The molecule has 0 fully saturated rings. The number of nitrogens with one attached hydrogen (secondary N) is 2. The van der Waals surface area contributed by atoms with Gasteiger partial charge in [-0.15, -0.1) is 0 Å². The van der Waals surface area contributed by atoms with Gasteiger partial charge in [0.05, 0.1) is 5.92 Å². The highest BCUT2D eigenvalue weighted by Gasteiger charge is 2.24. The van der Waals surface area contributed by atoms with E-state index in [4.69, 9.17) is 4.74 Å². The average molecular weight is 417 g/mol. The zero-order chi connectivity index (χ0) is 22.2. The third-order valence-electron chi connectivity index (χ3n) is 5.07. The van der Waals surface area contributed by atoms with E-state index >= 15 is 0 Å². The van der Waals surface area contributed by atoms with Gasteiger partial charge in [0.1, 0.15) is 5.75 Å². The van der Waals surface area contributed by atoms with Crippen LogP contribution in [0.1, 0.15) is 49.3 Å². The first-order chi connectivity index (χ1) is 15.0. The molecule has 2 N–H and O–H groups in total. The number of benzene rings is 3. The van der Waals surface area contributed by atoms with Gasteiger partial charge >= 0.3 is 0 Å². The molecule has 1 unspecified atom stereocenters. The highest BCUT2D eigenvalue weighted by molar-refractivity contribution is 5.90. The lowest BCUT2D eigenvalue weighted by Crippen LogP contribution is -2.48. The highest BCUT2D eigenvalue weighted by Crippen LogP contribution is 2.24. The molecule has 1 atom stereocenters. The fourth-order valence-electron chi connectivity index (χ4n) is 3.27. The van der Waals surface area contributed by atoms with Gasteiger partial charge in [-0.2, -0.15) is 0 Å². The molecular weight excluding hydrogens is 388 g/mol. The Morgan fingerprint density at radius 2 is 1.13 bits per heavy atom. The molecule has 5 heteroatoms. The van der Waals surface area contributed by atoms with Gasteiger partial charge in [-0.3, -0.25) is 20.4 Å². The monoisotopic (exact) mass is 416 g/mol. The van der Waals surface area contributed by atoms with Crippen LogP contribution in [0.5, 0.6) is 5.75 Å². The van der Waals surface area contributed by atoms with E-state index in [1.54, 1.807) is 6.92 Å². The molecule has 0 heterocycles. The van der Waals surface area contributed by atoms with Crippen LogP contribution in [0.4, 0.5) is 0 Å². The molecule has 0 saturated heterocycles. The maximum atomic E-state index is 13.0. The number of hydrogen-bond acceptors (Lipinski definition) is 3. The molecule has 0 spiro atoms. The fourth-order valence-corrected chi connectivity index (χ4v) is 3.27. The maximum Gasteiger partial charge on any atom is 0.279 e. The van der Waals surface area contributed by atoms with Gasteiger partial charge in [-0.1, -0.05) is 86.6 Å². The summed E-state index contributed by atoms with van der Waals surface area (Å²) < 4.78 is 5.71. The number of rotatable bonds is 7. The first kappa shape index (κ1) is 22.1. The fraction of sp³-hybridized carbons (Fsp3) is 0.231. The van der Waals surface area contributed by atoms with Crippen LogP contribution in [-0.2, 0) is 9.59 Å². The van der Waals surface area contributed by atoms with Crippen molar-refractivity contribution in [3.8, 4) is 5.75 Å². The highest BCUT2D eigenvalue weighted by atomic mass is 16.5. The lowest BCUT2D eigenvalue weighted by atomic mass is 9.91. The summed E-state index contributed by atoms with van der Waals surface area (Å²) in [5, 5.41) is 0. The van der Waals surface area contributed by atoms with Crippen molar-refractivity contribution in [2.75, 3.05) is 0 Å². The van der Waals surface area contributed by atoms with Crippen molar-refractivity contribution in [2.45, 2.75) is 38.7 Å². The minimum atomic E-state index is -0.767. The number of hydrogen-bond donors (Lipinski definition) is 2. The topological polar surface area (TPSA) is 67.4 Å². The SMILES string of the molecule is CC(Oc1ccc(C(C)C)cc1)C(=O)NNC(=O)C(c1ccccc1)c1ccccc1. The Balaban J connectivity index is 1.62. The number of amides is 2. The second kappa shape index (κ2) is 10.4. The lowest BCUT2D eigenvalue weighted by Gasteiger charge is -2.20. The molecule has 2 amide bonds. The van der Waals surface area contributed by atoms with Crippen LogP contribution in [0.2, 0.25) is 0 Å². The van der Waals surface area contributed by atoms with E-state index in [9.17, 15) is 9.59 Å². The molecule has 3 aromatic rings. The van der Waals surface area contributed by atoms with Crippen LogP contribution >= 0.6 is 0 Å². The summed E-state index contributed by atoms with van der Waals surface area (Å²) in [5.41, 5.74) is 7.92. The van der Waals surface area contributed by atoms with Crippen molar-refractivity contribution >= 4 is 11.8 Å². The standard InChI is InChI=1S/C26H28N2O3/c1-18(2)20-14-16-23(17-15-20)31-19(3)25(29)27-28-26(30)24(21-10-6-4-7-11-21)22-12-8-5-9-13-22/h4-19,24H,1-3H3,(H,27,29)(H,28,30). The smallest absolute Gasteiger partial charge is 0.279 e. The summed E-state index contributed by atoms with van der Waals surface area (Å²) in [6.07, 6.45) is -0.767. The van der Waals surface area contributed by atoms with Crippen molar-refractivity contribution in [2.24, 2.45) is 0 Å². The zero-order valence-corrected chi connectivity index (χ0v) is 18.0. The molecular formula is C26H28N2O3. The maximum absolute atomic E-state index is 13.0. The molecule has 0 bridgehead atoms. The van der Waals surface area contributed by atoms with E-state index in [-0.39, 0.29) is 5.91 Å². The van der Waals surface area contributed by atoms with Gasteiger partial charge in [0.2, 0.25) is 5.91 Å². The van der Waals surface area contributed by atoms with E-state index < -0.39 is 17.9 Å². The summed E-state index contributed by atoms with van der Waals surface area (Å²) in [7, 11) is 0. The number of carbonyl (C=O) groups excluding carboxylic acids is 2. The summed E-state index contributed by atoms with van der Waals surface area (Å²) >= 11 is 0. The number of ether oxygens (including phenoxy) is 1. The molecule has 0 aliphatic carbocycles. The first-order valence-corrected chi connectivity index (χ1v) is 10.4. The van der Waals surface area contributed by atoms with Crippen LogP contribution in [0.25, 0.3) is 0 Å². The zero-order valence-electron chi connectivity index (χ0n) is 18.0. The molecule has 0 aliphatic rings. The van der Waals surface area contributed by atoms with Crippen molar-refractivity contribution in [1.82, 2.24) is 10.9 Å². The molecule has 160 valence electrons. The van der Waals surface area contributed by atoms with Gasteiger partial charge in [0.25, 0.3) is 5.91 Å². The Bertz CT molecular complexity index is 947. The van der Waals surface area contributed by atoms with Crippen LogP contribution in [0.3, 0.4) is 0 Å². The van der Waals surface area contributed by atoms with Crippen LogP contribution in [-0.4, -0.2) is 17.9 Å². The largest absolute Gasteiger partial charge is 0.481 e. The Labute approximate surface area is 183 Å². The second-order valence-corrected chi connectivity index (χ2v) is 7.72. The molecule has 5 nitrogen and oxygen atoms in total.